The van der Waals surface area contributed by atoms with Gasteiger partial charge in [0, 0.05) is 5.69 Å². The first kappa shape index (κ1) is 19.9. The topological polar surface area (TPSA) is 92.7 Å². The van der Waals surface area contributed by atoms with Gasteiger partial charge in [0.2, 0.25) is 5.91 Å². The van der Waals surface area contributed by atoms with E-state index in [2.05, 4.69) is 27.3 Å². The Hall–Kier alpha value is -3.39. The van der Waals surface area contributed by atoms with Gasteiger partial charge >= 0.3 is 0 Å². The second-order valence-corrected chi connectivity index (χ2v) is 7.86. The van der Waals surface area contributed by atoms with E-state index in [4.69, 9.17) is 0 Å². The predicted octanol–water partition coefficient (Wildman–Crippen LogP) is 3.71. The monoisotopic (exact) mass is 419 g/mol. The summed E-state index contributed by atoms with van der Waals surface area (Å²) in [5, 5.41) is 7.95. The summed E-state index contributed by atoms with van der Waals surface area (Å²) in [4.78, 5) is 32.0. The van der Waals surface area contributed by atoms with Gasteiger partial charge in [-0.25, -0.2) is 9.67 Å². The van der Waals surface area contributed by atoms with E-state index >= 15 is 0 Å². The molecule has 0 fully saturated rings. The van der Waals surface area contributed by atoms with Gasteiger partial charge < -0.3 is 10.3 Å². The number of anilines is 1. The first-order valence-corrected chi connectivity index (χ1v) is 10.6. The van der Waals surface area contributed by atoms with Crippen LogP contribution in [0.5, 0.6) is 0 Å². The summed E-state index contributed by atoms with van der Waals surface area (Å²) in [6, 6.07) is 15.5. The minimum absolute atomic E-state index is 0.128. The maximum atomic E-state index is 12.4. The lowest BCUT2D eigenvalue weighted by atomic mass is 10.1. The Morgan fingerprint density at radius 2 is 2.00 bits per heavy atom. The number of nitrogens with zero attached hydrogens (tertiary/aromatic N) is 3. The number of hydrogen-bond donors (Lipinski definition) is 2. The van der Waals surface area contributed by atoms with Gasteiger partial charge in [0.25, 0.3) is 5.56 Å². The molecule has 2 aromatic carbocycles. The van der Waals surface area contributed by atoms with Crippen molar-refractivity contribution >= 4 is 34.4 Å². The molecule has 0 aliphatic heterocycles. The van der Waals surface area contributed by atoms with Gasteiger partial charge in [-0.15, -0.1) is 0 Å². The first-order chi connectivity index (χ1) is 14.5. The van der Waals surface area contributed by atoms with E-state index in [1.54, 1.807) is 4.68 Å². The molecular formula is C22H21N5O2S. The number of aromatic amines is 1. The van der Waals surface area contributed by atoms with Crippen molar-refractivity contribution in [2.75, 3.05) is 11.1 Å². The number of carbonyl (C=O) groups is 1. The van der Waals surface area contributed by atoms with Crippen molar-refractivity contribution in [3.63, 3.8) is 0 Å². The SMILES string of the molecule is CCc1ccc(NC(=O)CSc2nc3c(cnn3-c3cccc(C)c3)c(=O)[nH]2)cc1. The summed E-state index contributed by atoms with van der Waals surface area (Å²) in [6.07, 6.45) is 2.45. The fourth-order valence-corrected chi connectivity index (χ4v) is 3.73. The molecule has 152 valence electrons. The Kier molecular flexibility index (Phi) is 5.67. The highest BCUT2D eigenvalue weighted by Crippen LogP contribution is 2.19. The van der Waals surface area contributed by atoms with Crippen LogP contribution in [0.1, 0.15) is 18.1 Å². The number of amides is 1. The number of benzene rings is 2. The molecule has 0 atom stereocenters. The molecule has 30 heavy (non-hydrogen) atoms. The van der Waals surface area contributed by atoms with Gasteiger partial charge in [0.15, 0.2) is 10.8 Å². The number of nitrogens with one attached hydrogen (secondary N) is 2. The zero-order valence-corrected chi connectivity index (χ0v) is 17.5. The Bertz CT molecular complexity index is 1260. The quantitative estimate of drug-likeness (QED) is 0.367. The van der Waals surface area contributed by atoms with Crippen LogP contribution in [-0.4, -0.2) is 31.4 Å². The van der Waals surface area contributed by atoms with Gasteiger partial charge in [-0.2, -0.15) is 5.10 Å². The second-order valence-electron chi connectivity index (χ2n) is 6.89. The second kappa shape index (κ2) is 8.54. The third kappa shape index (κ3) is 4.28. The fraction of sp³-hybridized carbons (Fsp3) is 0.182. The molecular weight excluding hydrogens is 398 g/mol. The molecule has 4 rings (SSSR count). The van der Waals surface area contributed by atoms with Crippen molar-refractivity contribution in [1.82, 2.24) is 19.7 Å². The van der Waals surface area contributed by atoms with E-state index < -0.39 is 0 Å². The van der Waals surface area contributed by atoms with E-state index in [0.717, 1.165) is 23.4 Å². The molecule has 2 aromatic heterocycles. The normalized spacial score (nSPS) is 11.0. The van der Waals surface area contributed by atoms with Crippen LogP contribution in [0.3, 0.4) is 0 Å². The molecule has 0 bridgehead atoms. The third-order valence-corrected chi connectivity index (χ3v) is 5.52. The summed E-state index contributed by atoms with van der Waals surface area (Å²) in [6.45, 7) is 4.07. The van der Waals surface area contributed by atoms with E-state index in [9.17, 15) is 9.59 Å². The maximum Gasteiger partial charge on any atom is 0.262 e. The van der Waals surface area contributed by atoms with Gasteiger partial charge in [-0.05, 0) is 48.7 Å². The lowest BCUT2D eigenvalue weighted by Crippen LogP contribution is -2.15. The van der Waals surface area contributed by atoms with Crippen molar-refractivity contribution in [1.29, 1.82) is 0 Å². The highest BCUT2D eigenvalue weighted by molar-refractivity contribution is 7.99. The molecule has 2 heterocycles. The number of aryl methyl sites for hydroxylation is 2. The van der Waals surface area contributed by atoms with E-state index in [1.165, 1.54) is 23.5 Å². The van der Waals surface area contributed by atoms with Crippen molar-refractivity contribution in [2.45, 2.75) is 25.4 Å². The molecule has 7 nitrogen and oxygen atoms in total. The van der Waals surface area contributed by atoms with Gasteiger partial charge in [0.05, 0.1) is 17.6 Å². The Morgan fingerprint density at radius 1 is 1.20 bits per heavy atom. The molecule has 0 saturated heterocycles. The lowest BCUT2D eigenvalue weighted by Gasteiger charge is -2.07. The predicted molar refractivity (Wildman–Crippen MR) is 119 cm³/mol. The highest BCUT2D eigenvalue weighted by atomic mass is 32.2. The molecule has 1 amide bonds. The number of thioether (sulfide) groups is 1. The maximum absolute atomic E-state index is 12.4. The molecule has 0 spiro atoms. The lowest BCUT2D eigenvalue weighted by molar-refractivity contribution is -0.113. The van der Waals surface area contributed by atoms with Crippen LogP contribution in [-0.2, 0) is 11.2 Å². The number of hydrogen-bond acceptors (Lipinski definition) is 5. The number of carbonyl (C=O) groups excluding carboxylic acids is 1. The van der Waals surface area contributed by atoms with Crippen molar-refractivity contribution < 1.29 is 4.79 Å². The van der Waals surface area contributed by atoms with Crippen LogP contribution in [0.2, 0.25) is 0 Å². The fourth-order valence-electron chi connectivity index (χ4n) is 3.07. The zero-order chi connectivity index (χ0) is 21.1. The molecule has 0 aliphatic carbocycles. The van der Waals surface area contributed by atoms with E-state index in [-0.39, 0.29) is 17.2 Å². The van der Waals surface area contributed by atoms with Gasteiger partial charge in [-0.3, -0.25) is 9.59 Å². The average molecular weight is 420 g/mol. The van der Waals surface area contributed by atoms with Crippen LogP contribution in [0.15, 0.2) is 64.7 Å². The highest BCUT2D eigenvalue weighted by Gasteiger charge is 2.13. The summed E-state index contributed by atoms with van der Waals surface area (Å²) in [7, 11) is 0. The summed E-state index contributed by atoms with van der Waals surface area (Å²) in [5.74, 6) is -0.0399. The van der Waals surface area contributed by atoms with Gasteiger partial charge in [0.1, 0.15) is 5.39 Å². The Morgan fingerprint density at radius 3 is 2.73 bits per heavy atom. The van der Waals surface area contributed by atoms with Crippen LogP contribution in [0, 0.1) is 6.92 Å². The Labute approximate surface area is 177 Å². The van der Waals surface area contributed by atoms with Crippen LogP contribution in [0.25, 0.3) is 16.7 Å². The van der Waals surface area contributed by atoms with Crippen LogP contribution >= 0.6 is 11.8 Å². The summed E-state index contributed by atoms with van der Waals surface area (Å²) in [5.41, 5.74) is 4.04. The molecule has 0 unspecified atom stereocenters. The van der Waals surface area contributed by atoms with E-state index in [0.29, 0.717) is 16.2 Å². The van der Waals surface area contributed by atoms with Crippen LogP contribution in [0.4, 0.5) is 5.69 Å². The number of aromatic nitrogens is 4. The van der Waals surface area contributed by atoms with Crippen LogP contribution < -0.4 is 10.9 Å². The minimum Gasteiger partial charge on any atom is -0.325 e. The average Bonchev–Trinajstić information content (AvgIpc) is 3.17. The molecule has 0 aliphatic rings. The number of H-pyrrole nitrogens is 1. The van der Waals surface area contributed by atoms with Crippen molar-refractivity contribution in [3.8, 4) is 5.69 Å². The first-order valence-electron chi connectivity index (χ1n) is 9.60. The van der Waals surface area contributed by atoms with E-state index in [1.807, 2.05) is 55.5 Å². The number of fused-ring (bicyclic) bond motifs is 1. The van der Waals surface area contributed by atoms with Gasteiger partial charge in [-0.1, -0.05) is 43.0 Å². The number of rotatable bonds is 6. The summed E-state index contributed by atoms with van der Waals surface area (Å²) < 4.78 is 1.64. The molecule has 8 heteroatoms. The zero-order valence-electron chi connectivity index (χ0n) is 16.7. The molecule has 2 N–H and O–H groups in total. The Balaban J connectivity index is 1.52. The molecule has 0 saturated carbocycles. The standard InChI is InChI=1S/C22H21N5O2S/c1-3-15-7-9-16(10-8-15)24-19(28)13-30-22-25-20-18(21(29)26-22)12-23-27(20)17-6-4-5-14(2)11-17/h4-12H,3,13H2,1-2H3,(H,24,28)(H,25,26,29). The molecule has 0 radical (unpaired) electrons. The molecule has 4 aromatic rings. The summed E-state index contributed by atoms with van der Waals surface area (Å²) >= 11 is 1.18. The smallest absolute Gasteiger partial charge is 0.262 e. The minimum atomic E-state index is -0.281. The third-order valence-electron chi connectivity index (χ3n) is 4.65. The van der Waals surface area contributed by atoms with Crippen molar-refractivity contribution in [3.05, 3.63) is 76.2 Å². The van der Waals surface area contributed by atoms with Crippen molar-refractivity contribution in [2.24, 2.45) is 0 Å². The largest absolute Gasteiger partial charge is 0.325 e.